The molecular weight excluding hydrogens is 388 g/mol. The first-order valence-electron chi connectivity index (χ1n) is 10.8. The normalized spacial score (nSPS) is 16.3. The summed E-state index contributed by atoms with van der Waals surface area (Å²) < 4.78 is 2.00. The Hall–Kier alpha value is -3.32. The molecule has 5 heterocycles. The molecule has 7 nitrogen and oxygen atoms in total. The van der Waals surface area contributed by atoms with Crippen molar-refractivity contribution in [3.05, 3.63) is 83.5 Å². The molecule has 31 heavy (non-hydrogen) atoms. The number of hydrogen-bond donors (Lipinski definition) is 1. The van der Waals surface area contributed by atoms with Crippen molar-refractivity contribution in [1.82, 2.24) is 24.3 Å². The Bertz CT molecular complexity index is 1200. The molecule has 0 aliphatic carbocycles. The van der Waals surface area contributed by atoms with Gasteiger partial charge in [-0.3, -0.25) is 4.98 Å². The van der Waals surface area contributed by atoms with Crippen molar-refractivity contribution in [2.45, 2.75) is 38.7 Å². The van der Waals surface area contributed by atoms with Gasteiger partial charge < -0.3 is 14.4 Å². The van der Waals surface area contributed by atoms with E-state index in [9.17, 15) is 5.11 Å². The van der Waals surface area contributed by atoms with Gasteiger partial charge in [-0.05, 0) is 48.2 Å². The van der Waals surface area contributed by atoms with Gasteiger partial charge in [-0.2, -0.15) is 0 Å². The van der Waals surface area contributed by atoms with Gasteiger partial charge in [0.2, 0.25) is 0 Å². The Labute approximate surface area is 181 Å². The van der Waals surface area contributed by atoms with Gasteiger partial charge in [0.05, 0.1) is 18.2 Å². The van der Waals surface area contributed by atoms with Crippen LogP contribution in [0.5, 0.6) is 0 Å². The Morgan fingerprint density at radius 3 is 2.74 bits per heavy atom. The van der Waals surface area contributed by atoms with Gasteiger partial charge in [0, 0.05) is 56.1 Å². The third-order valence-electron chi connectivity index (χ3n) is 5.78. The molecule has 158 valence electrons. The van der Waals surface area contributed by atoms with Crippen molar-refractivity contribution in [2.75, 3.05) is 18.0 Å². The van der Waals surface area contributed by atoms with Crippen LogP contribution in [0, 0.1) is 0 Å². The van der Waals surface area contributed by atoms with E-state index in [1.54, 1.807) is 6.20 Å². The van der Waals surface area contributed by atoms with E-state index < -0.39 is 0 Å². The maximum atomic E-state index is 10.0. The third-order valence-corrected chi connectivity index (χ3v) is 5.78. The van der Waals surface area contributed by atoms with Crippen molar-refractivity contribution in [1.29, 1.82) is 0 Å². The molecule has 0 saturated carbocycles. The summed E-state index contributed by atoms with van der Waals surface area (Å²) in [6.07, 6.45) is 10.4. The van der Waals surface area contributed by atoms with Crippen LogP contribution >= 0.6 is 0 Å². The first kappa shape index (κ1) is 19.6. The molecule has 1 fully saturated rings. The molecule has 5 rings (SSSR count). The number of β-amino-alcohol motifs (C(OH)–C–C–N with tert-alkyl or cyclic N) is 1. The van der Waals surface area contributed by atoms with Gasteiger partial charge in [0.25, 0.3) is 0 Å². The van der Waals surface area contributed by atoms with Crippen LogP contribution in [0.25, 0.3) is 5.65 Å². The molecule has 0 aromatic carbocycles. The molecule has 0 unspecified atom stereocenters. The lowest BCUT2D eigenvalue weighted by Crippen LogP contribution is -2.23. The SMILES string of the molecule is CCc1ccnc(Cc2nc(Cc3ccn4ccnc4c3)cc(N3CC[C@H](O)C3)n2)c1. The number of aliphatic hydroxyl groups excluding tert-OH is 1. The fourth-order valence-electron chi connectivity index (χ4n) is 4.10. The molecule has 0 bridgehead atoms. The molecule has 0 amide bonds. The summed E-state index contributed by atoms with van der Waals surface area (Å²) in [5.74, 6) is 1.64. The van der Waals surface area contributed by atoms with Crippen molar-refractivity contribution < 1.29 is 5.11 Å². The summed E-state index contributed by atoms with van der Waals surface area (Å²) in [5, 5.41) is 10.0. The van der Waals surface area contributed by atoms with Gasteiger partial charge in [0.1, 0.15) is 17.3 Å². The summed E-state index contributed by atoms with van der Waals surface area (Å²) in [6.45, 7) is 3.56. The Balaban J connectivity index is 1.47. The standard InChI is InChI=1S/C24H26N6O/c1-2-17-3-6-25-19(11-17)14-22-27-20(15-24(28-22)30-9-5-21(31)16-30)12-18-4-8-29-10-7-26-23(29)13-18/h3-4,6-8,10-11,13,15,21,31H,2,5,9,12,14,16H2,1H3/t21-/m0/s1. The number of rotatable bonds is 6. The van der Waals surface area contributed by atoms with Crippen LogP contribution in [-0.4, -0.2) is 48.6 Å². The molecule has 1 saturated heterocycles. The third kappa shape index (κ3) is 4.41. The number of anilines is 1. The molecular formula is C24H26N6O. The topological polar surface area (TPSA) is 79.4 Å². The molecule has 7 heteroatoms. The first-order valence-corrected chi connectivity index (χ1v) is 10.8. The molecule has 1 aliphatic heterocycles. The second-order valence-electron chi connectivity index (χ2n) is 8.11. The average molecular weight is 415 g/mol. The summed E-state index contributed by atoms with van der Waals surface area (Å²) in [7, 11) is 0. The van der Waals surface area contributed by atoms with Crippen LogP contribution in [-0.2, 0) is 19.3 Å². The molecule has 0 radical (unpaired) electrons. The van der Waals surface area contributed by atoms with E-state index in [-0.39, 0.29) is 6.10 Å². The van der Waals surface area contributed by atoms with E-state index in [2.05, 4.69) is 40.0 Å². The van der Waals surface area contributed by atoms with Crippen molar-refractivity contribution >= 4 is 11.5 Å². The average Bonchev–Trinajstić information content (AvgIpc) is 3.42. The minimum Gasteiger partial charge on any atom is -0.391 e. The highest BCUT2D eigenvalue weighted by molar-refractivity contribution is 5.45. The predicted molar refractivity (Wildman–Crippen MR) is 119 cm³/mol. The number of hydrogen-bond acceptors (Lipinski definition) is 6. The van der Waals surface area contributed by atoms with E-state index in [1.165, 1.54) is 5.56 Å². The van der Waals surface area contributed by atoms with Gasteiger partial charge in [0.15, 0.2) is 0 Å². The summed E-state index contributed by atoms with van der Waals surface area (Å²) in [4.78, 5) is 20.8. The zero-order valence-electron chi connectivity index (χ0n) is 17.6. The molecule has 1 atom stereocenters. The highest BCUT2D eigenvalue weighted by Gasteiger charge is 2.22. The Morgan fingerprint density at radius 2 is 1.90 bits per heavy atom. The second-order valence-corrected chi connectivity index (χ2v) is 8.11. The fourth-order valence-corrected chi connectivity index (χ4v) is 4.10. The lowest BCUT2D eigenvalue weighted by atomic mass is 10.1. The summed E-state index contributed by atoms with van der Waals surface area (Å²) in [6, 6.07) is 10.4. The minimum absolute atomic E-state index is 0.299. The summed E-state index contributed by atoms with van der Waals surface area (Å²) in [5.41, 5.74) is 5.28. The Morgan fingerprint density at radius 1 is 0.968 bits per heavy atom. The monoisotopic (exact) mass is 414 g/mol. The highest BCUT2D eigenvalue weighted by Crippen LogP contribution is 2.22. The molecule has 4 aromatic rings. The van der Waals surface area contributed by atoms with Crippen molar-refractivity contribution in [2.24, 2.45) is 0 Å². The van der Waals surface area contributed by atoms with E-state index in [1.807, 2.05) is 35.1 Å². The number of nitrogens with zero attached hydrogens (tertiary/aromatic N) is 6. The number of imidazole rings is 1. The van der Waals surface area contributed by atoms with Crippen LogP contribution in [0.4, 0.5) is 5.82 Å². The molecule has 1 aliphatic rings. The van der Waals surface area contributed by atoms with Crippen LogP contribution in [0.2, 0.25) is 0 Å². The predicted octanol–water partition coefficient (Wildman–Crippen LogP) is 2.83. The number of fused-ring (bicyclic) bond motifs is 1. The van der Waals surface area contributed by atoms with E-state index in [4.69, 9.17) is 9.97 Å². The van der Waals surface area contributed by atoms with Gasteiger partial charge in [-0.15, -0.1) is 0 Å². The number of aromatic nitrogens is 5. The zero-order chi connectivity index (χ0) is 21.2. The highest BCUT2D eigenvalue weighted by atomic mass is 16.3. The zero-order valence-corrected chi connectivity index (χ0v) is 17.6. The van der Waals surface area contributed by atoms with Crippen molar-refractivity contribution in [3.63, 3.8) is 0 Å². The van der Waals surface area contributed by atoms with E-state index in [0.29, 0.717) is 19.4 Å². The van der Waals surface area contributed by atoms with Crippen LogP contribution < -0.4 is 4.90 Å². The van der Waals surface area contributed by atoms with Crippen LogP contribution in [0.15, 0.2) is 55.1 Å². The van der Waals surface area contributed by atoms with Gasteiger partial charge in [-0.1, -0.05) is 6.92 Å². The van der Waals surface area contributed by atoms with E-state index in [0.717, 1.165) is 53.6 Å². The summed E-state index contributed by atoms with van der Waals surface area (Å²) >= 11 is 0. The minimum atomic E-state index is -0.299. The fraction of sp³-hybridized carbons (Fsp3) is 0.333. The number of aryl methyl sites for hydroxylation is 1. The van der Waals surface area contributed by atoms with Crippen LogP contribution in [0.3, 0.4) is 0 Å². The first-order chi connectivity index (χ1) is 15.2. The second kappa shape index (κ2) is 8.43. The lowest BCUT2D eigenvalue weighted by Gasteiger charge is -2.18. The van der Waals surface area contributed by atoms with Crippen molar-refractivity contribution in [3.8, 4) is 0 Å². The molecule has 0 spiro atoms. The van der Waals surface area contributed by atoms with Gasteiger partial charge in [-0.25, -0.2) is 15.0 Å². The number of aliphatic hydroxyl groups is 1. The quantitative estimate of drug-likeness (QED) is 0.523. The Kier molecular flexibility index (Phi) is 5.34. The number of pyridine rings is 2. The van der Waals surface area contributed by atoms with Crippen LogP contribution in [0.1, 0.15) is 41.7 Å². The maximum Gasteiger partial charge on any atom is 0.136 e. The molecule has 1 N–H and O–H groups in total. The largest absolute Gasteiger partial charge is 0.391 e. The smallest absolute Gasteiger partial charge is 0.136 e. The van der Waals surface area contributed by atoms with Gasteiger partial charge >= 0.3 is 0 Å². The lowest BCUT2D eigenvalue weighted by molar-refractivity contribution is 0.198. The van der Waals surface area contributed by atoms with E-state index >= 15 is 0 Å². The maximum absolute atomic E-state index is 10.0. The molecule has 4 aromatic heterocycles.